The van der Waals surface area contributed by atoms with Crippen LogP contribution in [0.3, 0.4) is 0 Å². The summed E-state index contributed by atoms with van der Waals surface area (Å²) in [7, 11) is -1.20. The molecule has 1 aromatic carbocycles. The zero-order valence-corrected chi connectivity index (χ0v) is 31.5. The number of aromatic nitrogens is 4. The molecule has 0 spiro atoms. The highest BCUT2D eigenvalue weighted by atomic mass is 28.3. The standard InChI is InChI=1S/C36H55N7O5Si/c1-35(2,3)48-34(44)41-16-14-40(15-17-41)13-10-28-24-42(18-19-46-28)32-23-30(37-25-38-32)33-29-22-27(47-36(4)11-12-36)8-9-31(29)43(39-33)26-45-20-21-49(5,6)7/h8-9,22-23,25,28H,10-21,24,26H2,1-7H3. The second-order valence-electron chi connectivity index (χ2n) is 16.2. The minimum absolute atomic E-state index is 0.0762. The number of ether oxygens (including phenoxy) is 4. The van der Waals surface area contributed by atoms with E-state index in [2.05, 4.69) is 53.5 Å². The average molecular weight is 694 g/mol. The van der Waals surface area contributed by atoms with Crippen LogP contribution in [0.1, 0.15) is 47.0 Å². The van der Waals surface area contributed by atoms with E-state index in [0.717, 1.165) is 98.5 Å². The van der Waals surface area contributed by atoms with Gasteiger partial charge >= 0.3 is 6.09 Å². The maximum atomic E-state index is 12.5. The van der Waals surface area contributed by atoms with Crippen LogP contribution in [-0.2, 0) is 20.9 Å². The van der Waals surface area contributed by atoms with Crippen LogP contribution in [-0.4, -0.2) is 120 Å². The van der Waals surface area contributed by atoms with Crippen molar-refractivity contribution in [2.75, 3.05) is 63.9 Å². The van der Waals surface area contributed by atoms with Crippen LogP contribution in [0, 0.1) is 0 Å². The highest BCUT2D eigenvalue weighted by Gasteiger charge is 2.40. The molecular formula is C36H55N7O5Si. The number of carbonyl (C=O) groups is 1. The lowest BCUT2D eigenvalue weighted by atomic mass is 10.1. The van der Waals surface area contributed by atoms with Crippen molar-refractivity contribution in [3.05, 3.63) is 30.6 Å². The molecule has 2 saturated heterocycles. The average Bonchev–Trinajstić information content (AvgIpc) is 3.67. The van der Waals surface area contributed by atoms with E-state index in [4.69, 9.17) is 29.0 Å². The number of carbonyl (C=O) groups excluding carboxylic acids is 1. The van der Waals surface area contributed by atoms with Crippen LogP contribution in [0.5, 0.6) is 5.75 Å². The Morgan fingerprint density at radius 1 is 1.06 bits per heavy atom. The maximum absolute atomic E-state index is 12.5. The summed E-state index contributed by atoms with van der Waals surface area (Å²) in [6.45, 7) is 22.2. The van der Waals surface area contributed by atoms with Gasteiger partial charge in [0.15, 0.2) is 0 Å². The molecule has 1 unspecified atom stereocenters. The molecule has 0 radical (unpaired) electrons. The Hall–Kier alpha value is -3.26. The van der Waals surface area contributed by atoms with Gasteiger partial charge in [0.05, 0.1) is 23.9 Å². The summed E-state index contributed by atoms with van der Waals surface area (Å²) in [6.07, 6.45) is 4.56. The van der Waals surface area contributed by atoms with Gasteiger partial charge in [-0.25, -0.2) is 19.4 Å². The number of nitrogens with zero attached hydrogens (tertiary/aromatic N) is 7. The zero-order valence-electron chi connectivity index (χ0n) is 30.5. The Labute approximate surface area is 292 Å². The highest BCUT2D eigenvalue weighted by Crippen LogP contribution is 2.41. The number of fused-ring (bicyclic) bond motifs is 1. The number of anilines is 1. The molecular weight excluding hydrogens is 639 g/mol. The lowest BCUT2D eigenvalue weighted by Gasteiger charge is -2.37. The third kappa shape index (κ3) is 9.71. The number of rotatable bonds is 12. The van der Waals surface area contributed by atoms with Crippen molar-refractivity contribution in [2.24, 2.45) is 0 Å². The van der Waals surface area contributed by atoms with Gasteiger partial charge in [0.25, 0.3) is 0 Å². The molecule has 4 heterocycles. The maximum Gasteiger partial charge on any atom is 0.410 e. The van der Waals surface area contributed by atoms with Gasteiger partial charge in [-0.05, 0) is 71.2 Å². The first-order valence-electron chi connectivity index (χ1n) is 17.9. The van der Waals surface area contributed by atoms with Crippen molar-refractivity contribution in [1.82, 2.24) is 29.5 Å². The third-order valence-corrected chi connectivity index (χ3v) is 11.1. The van der Waals surface area contributed by atoms with Gasteiger partial charge < -0.3 is 28.7 Å². The highest BCUT2D eigenvalue weighted by molar-refractivity contribution is 6.76. The number of hydrogen-bond donors (Lipinski definition) is 0. The second-order valence-corrected chi connectivity index (χ2v) is 21.8. The van der Waals surface area contributed by atoms with Crippen molar-refractivity contribution in [3.63, 3.8) is 0 Å². The topological polar surface area (TPSA) is 107 Å². The molecule has 1 amide bonds. The Bertz CT molecular complexity index is 1590. The fraction of sp³-hybridized carbons (Fsp3) is 0.667. The van der Waals surface area contributed by atoms with Crippen LogP contribution in [0.15, 0.2) is 30.6 Å². The van der Waals surface area contributed by atoms with E-state index >= 15 is 0 Å². The molecule has 2 aromatic heterocycles. The van der Waals surface area contributed by atoms with Crippen LogP contribution in [0.25, 0.3) is 22.3 Å². The molecule has 1 aliphatic carbocycles. The second kappa shape index (κ2) is 14.5. The Morgan fingerprint density at radius 2 is 1.84 bits per heavy atom. The molecule has 3 aliphatic rings. The van der Waals surface area contributed by atoms with Gasteiger partial charge in [0.1, 0.15) is 41.5 Å². The first-order valence-corrected chi connectivity index (χ1v) is 21.6. The summed E-state index contributed by atoms with van der Waals surface area (Å²) in [5, 5.41) is 6.03. The SMILES string of the molecule is CC(C)(C)OC(=O)N1CCN(CCC2CN(c3cc(-c4nn(COCC[Si](C)(C)C)c5ccc(OC6(C)CC6)cc45)ncn3)CCO2)CC1. The molecule has 0 N–H and O–H groups in total. The molecule has 3 aromatic rings. The number of benzene rings is 1. The van der Waals surface area contributed by atoms with Crippen LogP contribution in [0.4, 0.5) is 10.6 Å². The minimum atomic E-state index is -1.20. The normalized spacial score (nSPS) is 20.1. The van der Waals surface area contributed by atoms with Gasteiger partial charge in [0, 0.05) is 71.9 Å². The van der Waals surface area contributed by atoms with Crippen LogP contribution in [0.2, 0.25) is 25.7 Å². The van der Waals surface area contributed by atoms with Gasteiger partial charge in [-0.2, -0.15) is 5.10 Å². The van der Waals surface area contributed by atoms with Gasteiger partial charge in [0.2, 0.25) is 0 Å². The van der Waals surface area contributed by atoms with E-state index in [-0.39, 0.29) is 17.8 Å². The molecule has 49 heavy (non-hydrogen) atoms. The summed E-state index contributed by atoms with van der Waals surface area (Å²) < 4.78 is 26.2. The first kappa shape index (κ1) is 35.6. The Balaban J connectivity index is 1.11. The van der Waals surface area contributed by atoms with E-state index in [1.54, 1.807) is 6.33 Å². The summed E-state index contributed by atoms with van der Waals surface area (Å²) >= 11 is 0. The lowest BCUT2D eigenvalue weighted by molar-refractivity contribution is 0.00757. The van der Waals surface area contributed by atoms with E-state index in [0.29, 0.717) is 26.4 Å². The van der Waals surface area contributed by atoms with Gasteiger partial charge in [-0.1, -0.05) is 19.6 Å². The molecule has 1 atom stereocenters. The largest absolute Gasteiger partial charge is 0.488 e. The molecule has 0 bridgehead atoms. The molecule has 1 saturated carbocycles. The van der Waals surface area contributed by atoms with E-state index in [1.165, 1.54) is 0 Å². The molecule has 12 nitrogen and oxygen atoms in total. The third-order valence-electron chi connectivity index (χ3n) is 9.40. The molecule has 2 aliphatic heterocycles. The monoisotopic (exact) mass is 693 g/mol. The smallest absolute Gasteiger partial charge is 0.410 e. The van der Waals surface area contributed by atoms with Crippen molar-refractivity contribution >= 4 is 30.9 Å². The first-order chi connectivity index (χ1) is 23.2. The van der Waals surface area contributed by atoms with E-state index in [1.807, 2.05) is 42.5 Å². The van der Waals surface area contributed by atoms with Crippen molar-refractivity contribution in [1.29, 1.82) is 0 Å². The fourth-order valence-corrected chi connectivity index (χ4v) is 6.92. The summed E-state index contributed by atoms with van der Waals surface area (Å²) in [5.74, 6) is 1.72. The quantitative estimate of drug-likeness (QED) is 0.169. The van der Waals surface area contributed by atoms with Crippen molar-refractivity contribution in [2.45, 2.75) is 96.7 Å². The molecule has 3 fully saturated rings. The number of amides is 1. The molecule has 268 valence electrons. The summed E-state index contributed by atoms with van der Waals surface area (Å²) in [6, 6.07) is 9.37. The fourth-order valence-electron chi connectivity index (χ4n) is 6.16. The minimum Gasteiger partial charge on any atom is -0.488 e. The Morgan fingerprint density at radius 3 is 2.55 bits per heavy atom. The zero-order chi connectivity index (χ0) is 34.8. The van der Waals surface area contributed by atoms with Crippen molar-refractivity contribution < 1.29 is 23.7 Å². The number of piperazine rings is 1. The predicted octanol–water partition coefficient (Wildman–Crippen LogP) is 5.88. The van der Waals surface area contributed by atoms with Gasteiger partial charge in [-0.15, -0.1) is 0 Å². The molecule has 6 rings (SSSR count). The summed E-state index contributed by atoms with van der Waals surface area (Å²) in [5.41, 5.74) is 2.01. The Kier molecular flexibility index (Phi) is 10.5. The van der Waals surface area contributed by atoms with Crippen LogP contribution < -0.4 is 9.64 Å². The van der Waals surface area contributed by atoms with E-state index in [9.17, 15) is 4.79 Å². The van der Waals surface area contributed by atoms with Crippen LogP contribution >= 0.6 is 0 Å². The number of hydrogen-bond acceptors (Lipinski definition) is 10. The van der Waals surface area contributed by atoms with Crippen molar-refractivity contribution in [3.8, 4) is 17.1 Å². The summed E-state index contributed by atoms with van der Waals surface area (Å²) in [4.78, 5) is 28.4. The van der Waals surface area contributed by atoms with Gasteiger partial charge in [-0.3, -0.25) is 4.90 Å². The van der Waals surface area contributed by atoms with E-state index < -0.39 is 13.7 Å². The molecule has 13 heteroatoms. The number of morpholine rings is 1. The lowest BCUT2D eigenvalue weighted by Crippen LogP contribution is -2.51. The predicted molar refractivity (Wildman–Crippen MR) is 194 cm³/mol.